The Morgan fingerprint density at radius 1 is 0.760 bits per heavy atom. The van der Waals surface area contributed by atoms with Crippen LogP contribution in [0.2, 0.25) is 0 Å². The summed E-state index contributed by atoms with van der Waals surface area (Å²) in [7, 11) is 0. The van der Waals surface area contributed by atoms with Crippen molar-refractivity contribution in [3.63, 3.8) is 0 Å². The molecular weight excluding hydrogens is 314 g/mol. The van der Waals surface area contributed by atoms with E-state index >= 15 is 0 Å². The minimum Gasteiger partial charge on any atom is -0.489 e. The third-order valence-corrected chi connectivity index (χ3v) is 3.67. The standard InChI is InChI=1S/C21H19NO3/c23-22-14-19-11-12-20(24-15-17-7-3-1-4-8-17)13-21(19)25-16-18-9-5-2-6-10-18/h1-14,23H,15-16H2. The number of benzene rings is 3. The van der Waals surface area contributed by atoms with E-state index in [4.69, 9.17) is 14.7 Å². The first-order valence-electron chi connectivity index (χ1n) is 8.00. The Morgan fingerprint density at radius 2 is 1.36 bits per heavy atom. The molecule has 0 heterocycles. The lowest BCUT2D eigenvalue weighted by molar-refractivity contribution is 0.289. The van der Waals surface area contributed by atoms with E-state index in [9.17, 15) is 0 Å². The van der Waals surface area contributed by atoms with Crippen molar-refractivity contribution < 1.29 is 14.7 Å². The summed E-state index contributed by atoms with van der Waals surface area (Å²) in [5, 5.41) is 11.9. The van der Waals surface area contributed by atoms with E-state index in [1.165, 1.54) is 6.21 Å². The van der Waals surface area contributed by atoms with Crippen molar-refractivity contribution >= 4 is 6.21 Å². The van der Waals surface area contributed by atoms with E-state index in [0.717, 1.165) is 11.1 Å². The maximum absolute atomic E-state index is 8.83. The van der Waals surface area contributed by atoms with Crippen molar-refractivity contribution in [1.82, 2.24) is 0 Å². The van der Waals surface area contributed by atoms with Gasteiger partial charge in [0.1, 0.15) is 24.7 Å². The van der Waals surface area contributed by atoms with Crippen LogP contribution in [-0.4, -0.2) is 11.4 Å². The second-order valence-electron chi connectivity index (χ2n) is 5.49. The largest absolute Gasteiger partial charge is 0.489 e. The van der Waals surface area contributed by atoms with Gasteiger partial charge in [0, 0.05) is 11.6 Å². The van der Waals surface area contributed by atoms with Crippen molar-refractivity contribution in [3.8, 4) is 11.5 Å². The van der Waals surface area contributed by atoms with Crippen LogP contribution in [-0.2, 0) is 13.2 Å². The predicted octanol–water partition coefficient (Wildman–Crippen LogP) is 4.65. The SMILES string of the molecule is ON=Cc1ccc(OCc2ccccc2)cc1OCc1ccccc1. The fourth-order valence-corrected chi connectivity index (χ4v) is 2.37. The van der Waals surface area contributed by atoms with E-state index in [2.05, 4.69) is 5.16 Å². The second-order valence-corrected chi connectivity index (χ2v) is 5.49. The van der Waals surface area contributed by atoms with Crippen molar-refractivity contribution in [2.24, 2.45) is 5.16 Å². The molecule has 0 amide bonds. The van der Waals surface area contributed by atoms with E-state index in [0.29, 0.717) is 30.3 Å². The summed E-state index contributed by atoms with van der Waals surface area (Å²) in [4.78, 5) is 0. The monoisotopic (exact) mass is 333 g/mol. The molecule has 25 heavy (non-hydrogen) atoms. The predicted molar refractivity (Wildman–Crippen MR) is 97.4 cm³/mol. The van der Waals surface area contributed by atoms with Crippen LogP contribution in [0.5, 0.6) is 11.5 Å². The van der Waals surface area contributed by atoms with E-state index < -0.39 is 0 Å². The third kappa shape index (κ3) is 4.85. The minimum absolute atomic E-state index is 0.426. The molecule has 1 N–H and O–H groups in total. The highest BCUT2D eigenvalue weighted by molar-refractivity contribution is 5.83. The number of ether oxygens (including phenoxy) is 2. The Hall–Kier alpha value is -3.27. The molecule has 3 aromatic rings. The Labute approximate surface area is 147 Å². The summed E-state index contributed by atoms with van der Waals surface area (Å²) in [6, 6.07) is 25.3. The number of hydrogen-bond acceptors (Lipinski definition) is 4. The number of hydrogen-bond donors (Lipinski definition) is 1. The van der Waals surface area contributed by atoms with Gasteiger partial charge < -0.3 is 14.7 Å². The molecule has 4 nitrogen and oxygen atoms in total. The minimum atomic E-state index is 0.426. The first-order valence-corrected chi connectivity index (χ1v) is 8.00. The molecular formula is C21H19NO3. The summed E-state index contributed by atoms with van der Waals surface area (Å²) < 4.78 is 11.7. The molecule has 0 radical (unpaired) electrons. The Bertz CT molecular complexity index is 817. The van der Waals surface area contributed by atoms with E-state index in [1.54, 1.807) is 6.07 Å². The lowest BCUT2D eigenvalue weighted by Gasteiger charge is -2.12. The molecule has 0 spiro atoms. The molecule has 0 aliphatic carbocycles. The molecule has 4 heteroatoms. The molecule has 3 aromatic carbocycles. The van der Waals surface area contributed by atoms with Crippen LogP contribution in [0.4, 0.5) is 0 Å². The first kappa shape index (κ1) is 16.6. The molecule has 0 atom stereocenters. The second kappa shape index (κ2) is 8.55. The summed E-state index contributed by atoms with van der Waals surface area (Å²) in [6.07, 6.45) is 1.35. The van der Waals surface area contributed by atoms with Crippen LogP contribution < -0.4 is 9.47 Å². The van der Waals surface area contributed by atoms with E-state index in [-0.39, 0.29) is 0 Å². The van der Waals surface area contributed by atoms with Gasteiger partial charge in [-0.3, -0.25) is 0 Å². The molecule has 0 saturated carbocycles. The highest BCUT2D eigenvalue weighted by Crippen LogP contribution is 2.25. The van der Waals surface area contributed by atoms with Gasteiger partial charge in [-0.1, -0.05) is 65.8 Å². The Balaban J connectivity index is 1.72. The number of oxime groups is 1. The van der Waals surface area contributed by atoms with Crippen molar-refractivity contribution in [1.29, 1.82) is 0 Å². The first-order chi connectivity index (χ1) is 12.3. The normalized spacial score (nSPS) is 10.7. The molecule has 126 valence electrons. The number of rotatable bonds is 7. The summed E-state index contributed by atoms with van der Waals surface area (Å²) >= 11 is 0. The zero-order valence-corrected chi connectivity index (χ0v) is 13.7. The van der Waals surface area contributed by atoms with Crippen LogP contribution >= 0.6 is 0 Å². The lowest BCUT2D eigenvalue weighted by Crippen LogP contribution is -2.00. The molecule has 0 aromatic heterocycles. The molecule has 0 unspecified atom stereocenters. The average molecular weight is 333 g/mol. The molecule has 0 aliphatic rings. The molecule has 0 fully saturated rings. The van der Waals surface area contributed by atoms with Gasteiger partial charge in [-0.2, -0.15) is 0 Å². The van der Waals surface area contributed by atoms with Crippen LogP contribution in [0.3, 0.4) is 0 Å². The summed E-state index contributed by atoms with van der Waals surface area (Å²) in [5.41, 5.74) is 2.84. The molecule has 0 saturated heterocycles. The van der Waals surface area contributed by atoms with Gasteiger partial charge in [0.05, 0.1) is 6.21 Å². The maximum Gasteiger partial charge on any atom is 0.132 e. The highest BCUT2D eigenvalue weighted by Gasteiger charge is 2.06. The van der Waals surface area contributed by atoms with Gasteiger partial charge in [-0.15, -0.1) is 0 Å². The fraction of sp³-hybridized carbons (Fsp3) is 0.0952. The van der Waals surface area contributed by atoms with Gasteiger partial charge in [-0.25, -0.2) is 0 Å². The van der Waals surface area contributed by atoms with Gasteiger partial charge in [0.15, 0.2) is 0 Å². The molecule has 0 aliphatic heterocycles. The lowest BCUT2D eigenvalue weighted by atomic mass is 10.2. The smallest absolute Gasteiger partial charge is 0.132 e. The van der Waals surface area contributed by atoms with Crippen LogP contribution in [0.15, 0.2) is 84.0 Å². The fourth-order valence-electron chi connectivity index (χ4n) is 2.37. The maximum atomic E-state index is 8.83. The zero-order valence-electron chi connectivity index (χ0n) is 13.7. The highest BCUT2D eigenvalue weighted by atomic mass is 16.5. The van der Waals surface area contributed by atoms with Crippen molar-refractivity contribution in [2.75, 3.05) is 0 Å². The van der Waals surface area contributed by atoms with Crippen LogP contribution in [0.25, 0.3) is 0 Å². The summed E-state index contributed by atoms with van der Waals surface area (Å²) in [5.74, 6) is 1.30. The van der Waals surface area contributed by atoms with Crippen LogP contribution in [0, 0.1) is 0 Å². The van der Waals surface area contributed by atoms with Gasteiger partial charge in [0.25, 0.3) is 0 Å². The van der Waals surface area contributed by atoms with Crippen molar-refractivity contribution in [3.05, 3.63) is 95.6 Å². The molecule has 0 bridgehead atoms. The van der Waals surface area contributed by atoms with E-state index in [1.807, 2.05) is 72.8 Å². The third-order valence-electron chi connectivity index (χ3n) is 3.67. The Kier molecular flexibility index (Phi) is 5.67. The topological polar surface area (TPSA) is 51.1 Å². The zero-order chi connectivity index (χ0) is 17.3. The number of nitrogens with zero attached hydrogens (tertiary/aromatic N) is 1. The summed E-state index contributed by atoms with van der Waals surface area (Å²) in [6.45, 7) is 0.904. The van der Waals surface area contributed by atoms with Crippen molar-refractivity contribution in [2.45, 2.75) is 13.2 Å². The quantitative estimate of drug-likeness (QED) is 0.389. The van der Waals surface area contributed by atoms with Gasteiger partial charge in [-0.05, 0) is 23.3 Å². The Morgan fingerprint density at radius 3 is 1.96 bits per heavy atom. The average Bonchev–Trinajstić information content (AvgIpc) is 2.68. The van der Waals surface area contributed by atoms with Gasteiger partial charge >= 0.3 is 0 Å². The van der Waals surface area contributed by atoms with Gasteiger partial charge in [0.2, 0.25) is 0 Å². The molecule has 3 rings (SSSR count). The van der Waals surface area contributed by atoms with Crippen LogP contribution in [0.1, 0.15) is 16.7 Å².